The van der Waals surface area contributed by atoms with Crippen molar-refractivity contribution in [2.45, 2.75) is 70.8 Å². The Kier molecular flexibility index (Phi) is 10.5. The maximum atomic E-state index is 15.6. The third-order valence-corrected chi connectivity index (χ3v) is 8.46. The van der Waals surface area contributed by atoms with Crippen molar-refractivity contribution in [3.8, 4) is 11.1 Å². The van der Waals surface area contributed by atoms with E-state index in [0.717, 1.165) is 43.2 Å². The van der Waals surface area contributed by atoms with E-state index in [1.54, 1.807) is 13.2 Å². The molecule has 1 fully saturated rings. The van der Waals surface area contributed by atoms with Crippen LogP contribution >= 0.6 is 0 Å². The number of aryl methyl sites for hydroxylation is 2. The number of carbonyl (C=O) groups is 1. The van der Waals surface area contributed by atoms with Gasteiger partial charge in [0.1, 0.15) is 5.82 Å². The summed E-state index contributed by atoms with van der Waals surface area (Å²) in [5.41, 5.74) is 3.78. The second kappa shape index (κ2) is 14.0. The first-order chi connectivity index (χ1) is 19.4. The van der Waals surface area contributed by atoms with E-state index in [4.69, 9.17) is 4.74 Å². The Balaban J connectivity index is 1.60. The molecule has 3 aromatic rings. The molecular weight excluding hydrogens is 501 g/mol. The number of nitrogens with zero attached hydrogens (tertiary/aromatic N) is 1. The van der Waals surface area contributed by atoms with Crippen LogP contribution in [0.4, 0.5) is 4.39 Å². The standard InChI is InChI=1S/C35H44FNO3/c1-4-10-27-15-17-28(18-16-27)34(38)37-22-19-30(20-23-37)35(39,21-6-7-24-40-3)31-13-9-14-32(36)33(31)29-12-8-11-26(5-2)25-29/h8-9,11-18,25,30,39H,4-7,10,19-24H2,1-3H3. The highest BCUT2D eigenvalue weighted by molar-refractivity contribution is 5.94. The van der Waals surface area contributed by atoms with Crippen molar-refractivity contribution >= 4 is 5.91 Å². The molecule has 1 N–H and O–H groups in total. The minimum absolute atomic E-state index is 0.0351. The van der Waals surface area contributed by atoms with Crippen LogP contribution in [0.2, 0.25) is 0 Å². The number of piperidine rings is 1. The first-order valence-electron chi connectivity index (χ1n) is 14.9. The topological polar surface area (TPSA) is 49.8 Å². The number of benzene rings is 3. The first kappa shape index (κ1) is 30.0. The highest BCUT2D eigenvalue weighted by atomic mass is 19.1. The van der Waals surface area contributed by atoms with Crippen molar-refractivity contribution in [2.24, 2.45) is 5.92 Å². The zero-order valence-corrected chi connectivity index (χ0v) is 24.3. The molecule has 3 aromatic carbocycles. The van der Waals surface area contributed by atoms with Gasteiger partial charge in [-0.2, -0.15) is 0 Å². The zero-order valence-electron chi connectivity index (χ0n) is 24.3. The molecule has 1 unspecified atom stereocenters. The number of amides is 1. The SMILES string of the molecule is CCCc1ccc(C(=O)N2CCC(C(O)(CCCCOC)c3cccc(F)c3-c3cccc(CC)c3)CC2)cc1. The predicted molar refractivity (Wildman–Crippen MR) is 160 cm³/mol. The van der Waals surface area contributed by atoms with Gasteiger partial charge in [0, 0.05) is 37.9 Å². The summed E-state index contributed by atoms with van der Waals surface area (Å²) in [6.07, 6.45) is 6.35. The number of likely N-dealkylation sites (tertiary alicyclic amines) is 1. The van der Waals surface area contributed by atoms with E-state index in [9.17, 15) is 9.90 Å². The number of carbonyl (C=O) groups excluding carboxylic acids is 1. The second-order valence-corrected chi connectivity index (χ2v) is 11.1. The molecule has 1 saturated heterocycles. The van der Waals surface area contributed by atoms with Crippen molar-refractivity contribution in [1.29, 1.82) is 0 Å². The number of halogens is 1. The average molecular weight is 546 g/mol. The summed E-state index contributed by atoms with van der Waals surface area (Å²) in [7, 11) is 1.68. The molecule has 0 aromatic heterocycles. The third-order valence-electron chi connectivity index (χ3n) is 8.46. The van der Waals surface area contributed by atoms with Gasteiger partial charge in [-0.3, -0.25) is 4.79 Å². The van der Waals surface area contributed by atoms with Gasteiger partial charge in [0.15, 0.2) is 0 Å². The minimum Gasteiger partial charge on any atom is -0.385 e. The van der Waals surface area contributed by atoms with Gasteiger partial charge in [-0.15, -0.1) is 0 Å². The van der Waals surface area contributed by atoms with Crippen molar-refractivity contribution in [1.82, 2.24) is 4.90 Å². The summed E-state index contributed by atoms with van der Waals surface area (Å²) in [6, 6.07) is 21.0. The highest BCUT2D eigenvalue weighted by Gasteiger charge is 2.42. The summed E-state index contributed by atoms with van der Waals surface area (Å²) in [5, 5.41) is 12.5. The van der Waals surface area contributed by atoms with Gasteiger partial charge >= 0.3 is 0 Å². The predicted octanol–water partition coefficient (Wildman–Crippen LogP) is 7.56. The van der Waals surface area contributed by atoms with Crippen LogP contribution in [0.1, 0.15) is 79.4 Å². The number of aliphatic hydroxyl groups is 1. The molecule has 214 valence electrons. The van der Waals surface area contributed by atoms with E-state index in [-0.39, 0.29) is 17.6 Å². The summed E-state index contributed by atoms with van der Waals surface area (Å²) < 4.78 is 20.8. The summed E-state index contributed by atoms with van der Waals surface area (Å²) in [6.45, 7) is 5.99. The van der Waals surface area contributed by atoms with E-state index in [1.165, 1.54) is 11.6 Å². The van der Waals surface area contributed by atoms with Crippen LogP contribution in [0.15, 0.2) is 66.7 Å². The lowest BCUT2D eigenvalue weighted by atomic mass is 9.71. The largest absolute Gasteiger partial charge is 0.385 e. The normalized spacial score (nSPS) is 15.7. The van der Waals surface area contributed by atoms with Gasteiger partial charge in [0.2, 0.25) is 0 Å². The number of hydrogen-bond donors (Lipinski definition) is 1. The van der Waals surface area contributed by atoms with Gasteiger partial charge in [0.25, 0.3) is 5.91 Å². The molecule has 4 rings (SSSR count). The number of hydrogen-bond acceptors (Lipinski definition) is 3. The highest BCUT2D eigenvalue weighted by Crippen LogP contribution is 2.45. The Morgan fingerprint density at radius 2 is 1.73 bits per heavy atom. The van der Waals surface area contributed by atoms with Gasteiger partial charge in [-0.05, 0) is 91.3 Å². The van der Waals surface area contributed by atoms with Crippen molar-refractivity contribution in [3.63, 3.8) is 0 Å². The second-order valence-electron chi connectivity index (χ2n) is 11.1. The summed E-state index contributed by atoms with van der Waals surface area (Å²) in [5.74, 6) is -0.380. The van der Waals surface area contributed by atoms with E-state index in [1.807, 2.05) is 59.5 Å². The van der Waals surface area contributed by atoms with E-state index in [0.29, 0.717) is 55.6 Å². The zero-order chi connectivity index (χ0) is 28.5. The molecule has 1 aliphatic heterocycles. The van der Waals surface area contributed by atoms with Crippen molar-refractivity contribution in [3.05, 3.63) is 94.8 Å². The molecule has 1 aliphatic rings. The number of rotatable bonds is 12. The van der Waals surface area contributed by atoms with Crippen LogP contribution in [0, 0.1) is 11.7 Å². The Labute approximate surface area is 239 Å². The lowest BCUT2D eigenvalue weighted by Gasteiger charge is -2.43. The molecule has 0 radical (unpaired) electrons. The summed E-state index contributed by atoms with van der Waals surface area (Å²) in [4.78, 5) is 15.2. The van der Waals surface area contributed by atoms with Crippen LogP contribution in [0.3, 0.4) is 0 Å². The fourth-order valence-electron chi connectivity index (χ4n) is 6.17. The van der Waals surface area contributed by atoms with Gasteiger partial charge in [-0.25, -0.2) is 4.39 Å². The smallest absolute Gasteiger partial charge is 0.253 e. The Bertz CT molecular complexity index is 1250. The lowest BCUT2D eigenvalue weighted by molar-refractivity contribution is -0.0551. The maximum Gasteiger partial charge on any atom is 0.253 e. The van der Waals surface area contributed by atoms with Gasteiger partial charge in [-0.1, -0.05) is 68.8 Å². The van der Waals surface area contributed by atoms with Crippen LogP contribution in [-0.2, 0) is 23.2 Å². The van der Waals surface area contributed by atoms with E-state index in [2.05, 4.69) is 13.8 Å². The Morgan fingerprint density at radius 3 is 2.40 bits per heavy atom. The van der Waals surface area contributed by atoms with Crippen LogP contribution in [-0.4, -0.2) is 42.7 Å². The maximum absolute atomic E-state index is 15.6. The quantitative estimate of drug-likeness (QED) is 0.239. The first-order valence-corrected chi connectivity index (χ1v) is 14.9. The third kappa shape index (κ3) is 6.82. The van der Waals surface area contributed by atoms with E-state index >= 15 is 4.39 Å². The van der Waals surface area contributed by atoms with Crippen LogP contribution < -0.4 is 0 Å². The molecule has 1 amide bonds. The van der Waals surface area contributed by atoms with Crippen molar-refractivity contribution in [2.75, 3.05) is 26.8 Å². The average Bonchev–Trinajstić information content (AvgIpc) is 2.99. The molecular formula is C35H44FNO3. The molecule has 0 spiro atoms. The lowest BCUT2D eigenvalue weighted by Crippen LogP contribution is -2.45. The molecule has 0 saturated carbocycles. The minimum atomic E-state index is -1.22. The number of unbranched alkanes of at least 4 members (excludes halogenated alkanes) is 1. The monoisotopic (exact) mass is 545 g/mol. The molecule has 40 heavy (non-hydrogen) atoms. The number of methoxy groups -OCH3 is 1. The Hall–Kier alpha value is -3.02. The Morgan fingerprint density at radius 1 is 1.00 bits per heavy atom. The van der Waals surface area contributed by atoms with E-state index < -0.39 is 5.60 Å². The molecule has 1 heterocycles. The van der Waals surface area contributed by atoms with Crippen LogP contribution in [0.25, 0.3) is 11.1 Å². The molecule has 0 bridgehead atoms. The van der Waals surface area contributed by atoms with Gasteiger partial charge in [0.05, 0.1) is 5.60 Å². The molecule has 4 nitrogen and oxygen atoms in total. The fraction of sp³-hybridized carbons (Fsp3) is 0.457. The molecule has 1 atom stereocenters. The van der Waals surface area contributed by atoms with Gasteiger partial charge < -0.3 is 14.7 Å². The number of ether oxygens (including phenoxy) is 1. The summed E-state index contributed by atoms with van der Waals surface area (Å²) >= 11 is 0. The molecule has 5 heteroatoms. The molecule has 0 aliphatic carbocycles. The fourth-order valence-corrected chi connectivity index (χ4v) is 6.17. The van der Waals surface area contributed by atoms with Crippen molar-refractivity contribution < 1.29 is 19.0 Å². The van der Waals surface area contributed by atoms with Crippen LogP contribution in [0.5, 0.6) is 0 Å².